The average Bonchev–Trinajstić information content (AvgIpc) is 2.85. The van der Waals surface area contributed by atoms with E-state index in [1.54, 1.807) is 14.2 Å². The molecule has 5 nitrogen and oxygen atoms in total. The standard InChI is InChI=1S/C13H23NO4S/c1-9(8-19-10(2)15)12(16)14-7-5-6-11(14)13(17-3)18-4/h9,11,13H,5-8H2,1-4H3. The summed E-state index contributed by atoms with van der Waals surface area (Å²) in [6, 6.07) is -0.0210. The first-order chi connectivity index (χ1) is 9.01. The highest BCUT2D eigenvalue weighted by Crippen LogP contribution is 2.25. The summed E-state index contributed by atoms with van der Waals surface area (Å²) in [5, 5.41) is 0.0456. The zero-order chi connectivity index (χ0) is 14.4. The van der Waals surface area contributed by atoms with Gasteiger partial charge in [0.1, 0.15) is 0 Å². The molecule has 0 spiro atoms. The molecule has 1 aliphatic heterocycles. The Balaban J connectivity index is 2.61. The third kappa shape index (κ3) is 4.47. The Bertz CT molecular complexity index is 320. The van der Waals surface area contributed by atoms with Crippen LogP contribution in [0.2, 0.25) is 0 Å². The minimum Gasteiger partial charge on any atom is -0.354 e. The molecule has 0 N–H and O–H groups in total. The maximum Gasteiger partial charge on any atom is 0.226 e. The van der Waals surface area contributed by atoms with Gasteiger partial charge in [-0.3, -0.25) is 9.59 Å². The molecule has 2 unspecified atom stereocenters. The van der Waals surface area contributed by atoms with Crippen molar-refractivity contribution >= 4 is 22.8 Å². The van der Waals surface area contributed by atoms with E-state index in [2.05, 4.69) is 0 Å². The van der Waals surface area contributed by atoms with Crippen molar-refractivity contribution in [2.24, 2.45) is 5.92 Å². The van der Waals surface area contributed by atoms with Gasteiger partial charge in [-0.05, 0) is 12.8 Å². The van der Waals surface area contributed by atoms with E-state index >= 15 is 0 Å². The molecule has 0 aromatic carbocycles. The van der Waals surface area contributed by atoms with Gasteiger partial charge in [-0.15, -0.1) is 0 Å². The first-order valence-corrected chi connectivity index (χ1v) is 7.49. The first-order valence-electron chi connectivity index (χ1n) is 6.50. The Kier molecular flexibility index (Phi) is 6.82. The number of nitrogens with zero attached hydrogens (tertiary/aromatic N) is 1. The molecular formula is C13H23NO4S. The van der Waals surface area contributed by atoms with Crippen molar-refractivity contribution < 1.29 is 19.1 Å². The molecule has 1 rings (SSSR count). The van der Waals surface area contributed by atoms with Gasteiger partial charge in [0, 0.05) is 39.4 Å². The lowest BCUT2D eigenvalue weighted by Gasteiger charge is -2.31. The van der Waals surface area contributed by atoms with Crippen LogP contribution in [0.4, 0.5) is 0 Å². The van der Waals surface area contributed by atoms with Gasteiger partial charge in [-0.25, -0.2) is 0 Å². The Morgan fingerprint density at radius 1 is 1.37 bits per heavy atom. The summed E-state index contributed by atoms with van der Waals surface area (Å²) in [6.07, 6.45) is 1.48. The smallest absolute Gasteiger partial charge is 0.226 e. The van der Waals surface area contributed by atoms with Crippen molar-refractivity contribution in [3.05, 3.63) is 0 Å². The van der Waals surface area contributed by atoms with Crippen LogP contribution < -0.4 is 0 Å². The molecule has 1 aliphatic rings. The summed E-state index contributed by atoms with van der Waals surface area (Å²) in [6.45, 7) is 4.12. The van der Waals surface area contributed by atoms with E-state index < -0.39 is 0 Å². The van der Waals surface area contributed by atoms with Gasteiger partial charge in [0.25, 0.3) is 0 Å². The van der Waals surface area contributed by atoms with Crippen LogP contribution in [-0.4, -0.2) is 54.8 Å². The van der Waals surface area contributed by atoms with Crippen LogP contribution in [0.3, 0.4) is 0 Å². The Labute approximate surface area is 119 Å². The fourth-order valence-corrected chi connectivity index (χ4v) is 2.98. The Morgan fingerprint density at radius 2 is 2.00 bits per heavy atom. The number of carbonyl (C=O) groups excluding carboxylic acids is 2. The highest BCUT2D eigenvalue weighted by molar-refractivity contribution is 8.13. The molecule has 0 aliphatic carbocycles. The summed E-state index contributed by atoms with van der Waals surface area (Å²) >= 11 is 1.20. The van der Waals surface area contributed by atoms with Gasteiger partial charge < -0.3 is 14.4 Å². The summed E-state index contributed by atoms with van der Waals surface area (Å²) in [4.78, 5) is 25.2. The maximum absolute atomic E-state index is 12.4. The molecule has 2 atom stereocenters. The van der Waals surface area contributed by atoms with Gasteiger partial charge in [0.05, 0.1) is 6.04 Å². The van der Waals surface area contributed by atoms with Gasteiger partial charge in [0.2, 0.25) is 5.91 Å². The van der Waals surface area contributed by atoms with Crippen LogP contribution in [0, 0.1) is 5.92 Å². The number of methoxy groups -OCH3 is 2. The molecule has 0 radical (unpaired) electrons. The van der Waals surface area contributed by atoms with Crippen LogP contribution in [0.1, 0.15) is 26.7 Å². The van der Waals surface area contributed by atoms with Crippen molar-refractivity contribution in [1.82, 2.24) is 4.90 Å². The van der Waals surface area contributed by atoms with E-state index in [1.165, 1.54) is 18.7 Å². The van der Waals surface area contributed by atoms with Gasteiger partial charge in [-0.2, -0.15) is 0 Å². The largest absolute Gasteiger partial charge is 0.354 e. The number of hydrogen-bond acceptors (Lipinski definition) is 5. The van der Waals surface area contributed by atoms with E-state index in [9.17, 15) is 9.59 Å². The molecule has 0 aromatic rings. The monoisotopic (exact) mass is 289 g/mol. The second-order valence-corrected chi connectivity index (χ2v) is 5.98. The van der Waals surface area contributed by atoms with Crippen LogP contribution in [0.5, 0.6) is 0 Å². The van der Waals surface area contributed by atoms with Crippen molar-refractivity contribution in [3.63, 3.8) is 0 Å². The zero-order valence-electron chi connectivity index (χ0n) is 12.0. The van der Waals surface area contributed by atoms with E-state index in [0.717, 1.165) is 19.4 Å². The van der Waals surface area contributed by atoms with E-state index in [-0.39, 0.29) is 29.3 Å². The molecule has 0 bridgehead atoms. The van der Waals surface area contributed by atoms with Crippen molar-refractivity contribution in [1.29, 1.82) is 0 Å². The fraction of sp³-hybridized carbons (Fsp3) is 0.846. The number of rotatable bonds is 6. The third-order valence-electron chi connectivity index (χ3n) is 3.32. The summed E-state index contributed by atoms with van der Waals surface area (Å²) in [5.41, 5.74) is 0. The van der Waals surface area contributed by atoms with E-state index in [4.69, 9.17) is 9.47 Å². The fourth-order valence-electron chi connectivity index (χ4n) is 2.36. The molecule has 19 heavy (non-hydrogen) atoms. The van der Waals surface area contributed by atoms with Gasteiger partial charge in [-0.1, -0.05) is 18.7 Å². The van der Waals surface area contributed by atoms with Crippen LogP contribution in [0.15, 0.2) is 0 Å². The predicted octanol–water partition coefficient (Wildman–Crippen LogP) is 1.51. The molecule has 0 saturated carbocycles. The molecule has 1 amide bonds. The molecule has 1 saturated heterocycles. The Hall–Kier alpha value is -0.590. The number of amides is 1. The van der Waals surface area contributed by atoms with E-state index in [0.29, 0.717) is 5.75 Å². The topological polar surface area (TPSA) is 55.8 Å². The zero-order valence-corrected chi connectivity index (χ0v) is 12.9. The van der Waals surface area contributed by atoms with Gasteiger partial charge in [0.15, 0.2) is 11.4 Å². The SMILES string of the molecule is COC(OC)C1CCCN1C(=O)C(C)CSC(C)=O. The summed E-state index contributed by atoms with van der Waals surface area (Å²) < 4.78 is 10.5. The highest BCUT2D eigenvalue weighted by atomic mass is 32.2. The lowest BCUT2D eigenvalue weighted by molar-refractivity contribution is -0.159. The first kappa shape index (κ1) is 16.5. The minimum atomic E-state index is -0.376. The van der Waals surface area contributed by atoms with Crippen LogP contribution in [0.25, 0.3) is 0 Å². The summed E-state index contributed by atoms with van der Waals surface area (Å²) in [7, 11) is 3.17. The van der Waals surface area contributed by atoms with Crippen molar-refractivity contribution in [2.75, 3.05) is 26.5 Å². The quantitative estimate of drug-likeness (QED) is 0.694. The summed E-state index contributed by atoms with van der Waals surface area (Å²) in [5.74, 6) is 0.446. The Morgan fingerprint density at radius 3 is 2.53 bits per heavy atom. The molecular weight excluding hydrogens is 266 g/mol. The average molecular weight is 289 g/mol. The third-order valence-corrected chi connectivity index (χ3v) is 4.39. The maximum atomic E-state index is 12.4. The lowest BCUT2D eigenvalue weighted by Crippen LogP contribution is -2.46. The predicted molar refractivity (Wildman–Crippen MR) is 74.8 cm³/mol. The molecule has 0 aromatic heterocycles. The van der Waals surface area contributed by atoms with Gasteiger partial charge >= 0.3 is 0 Å². The molecule has 6 heteroatoms. The molecule has 110 valence electrons. The van der Waals surface area contributed by atoms with E-state index in [1.807, 2.05) is 11.8 Å². The van der Waals surface area contributed by atoms with Crippen LogP contribution >= 0.6 is 11.8 Å². The normalized spacial score (nSPS) is 20.9. The number of thioether (sulfide) groups is 1. The number of ether oxygens (including phenoxy) is 2. The number of carbonyl (C=O) groups is 2. The van der Waals surface area contributed by atoms with Crippen LogP contribution in [-0.2, 0) is 19.1 Å². The number of likely N-dealkylation sites (tertiary alicyclic amines) is 1. The highest BCUT2D eigenvalue weighted by Gasteiger charge is 2.36. The molecule has 1 heterocycles. The lowest BCUT2D eigenvalue weighted by atomic mass is 10.1. The second kappa shape index (κ2) is 7.87. The second-order valence-electron chi connectivity index (χ2n) is 4.78. The minimum absolute atomic E-state index is 0.0210. The number of hydrogen-bond donors (Lipinski definition) is 0. The van der Waals surface area contributed by atoms with Crippen molar-refractivity contribution in [2.45, 2.75) is 39.0 Å². The van der Waals surface area contributed by atoms with Crippen molar-refractivity contribution in [3.8, 4) is 0 Å². The molecule has 1 fully saturated rings.